The second kappa shape index (κ2) is 12.6. The summed E-state index contributed by atoms with van der Waals surface area (Å²) in [5.41, 5.74) is -0.583. The quantitative estimate of drug-likeness (QED) is 0.461. The molecule has 0 bridgehead atoms. The molecule has 1 saturated carbocycles. The van der Waals surface area contributed by atoms with Crippen LogP contribution in [0.5, 0.6) is 0 Å². The summed E-state index contributed by atoms with van der Waals surface area (Å²) in [5, 5.41) is 3.04. The monoisotopic (exact) mass is 553 g/mol. The van der Waals surface area contributed by atoms with Crippen molar-refractivity contribution >= 4 is 27.5 Å². The number of hydrogen-bond acceptors (Lipinski definition) is 4. The molecule has 7 nitrogen and oxygen atoms in total. The van der Waals surface area contributed by atoms with E-state index in [-0.39, 0.29) is 30.6 Å². The molecule has 2 aromatic rings. The summed E-state index contributed by atoms with van der Waals surface area (Å²) in [6.45, 7) is 1.05. The van der Waals surface area contributed by atoms with Crippen LogP contribution in [0, 0.1) is 0 Å². The summed E-state index contributed by atoms with van der Waals surface area (Å²) in [6, 6.07) is 11.9. The molecule has 208 valence electrons. The standard InChI is InChI=1S/C27H34F3N3O4S/c1-3-24(26(35)31-22-14-8-5-9-15-22)32(18-20-11-6-4-7-12-20)25(34)19-33(38(2,36)37)23-16-10-13-21(17-23)27(28,29)30/h4,6-7,10-13,16-17,22,24H,3,5,8-9,14-15,18-19H2,1-2H3,(H,31,35)/t24-/m0/s1. The van der Waals surface area contributed by atoms with E-state index >= 15 is 0 Å². The fourth-order valence-corrected chi connectivity index (χ4v) is 5.54. The fourth-order valence-electron chi connectivity index (χ4n) is 4.69. The molecule has 1 aliphatic carbocycles. The highest BCUT2D eigenvalue weighted by molar-refractivity contribution is 7.92. The van der Waals surface area contributed by atoms with Crippen LogP contribution in [0.2, 0.25) is 0 Å². The van der Waals surface area contributed by atoms with Gasteiger partial charge in [-0.15, -0.1) is 0 Å². The summed E-state index contributed by atoms with van der Waals surface area (Å²) in [6.07, 6.45) is 1.25. The van der Waals surface area contributed by atoms with E-state index in [9.17, 15) is 31.2 Å². The van der Waals surface area contributed by atoms with Gasteiger partial charge in [-0.3, -0.25) is 13.9 Å². The Bertz CT molecular complexity index is 1200. The Morgan fingerprint density at radius 3 is 2.26 bits per heavy atom. The number of anilines is 1. The van der Waals surface area contributed by atoms with Gasteiger partial charge in [0.05, 0.1) is 17.5 Å². The van der Waals surface area contributed by atoms with Gasteiger partial charge in [-0.05, 0) is 43.0 Å². The number of carbonyl (C=O) groups is 2. The number of benzene rings is 2. The Hall–Kier alpha value is -3.08. The van der Waals surface area contributed by atoms with Crippen LogP contribution in [0.25, 0.3) is 0 Å². The van der Waals surface area contributed by atoms with E-state index in [1.165, 1.54) is 11.0 Å². The lowest BCUT2D eigenvalue weighted by molar-refractivity contribution is -0.140. The Labute approximate surface area is 222 Å². The minimum Gasteiger partial charge on any atom is -0.352 e. The van der Waals surface area contributed by atoms with Gasteiger partial charge in [0, 0.05) is 12.6 Å². The zero-order valence-corrected chi connectivity index (χ0v) is 22.4. The first-order valence-electron chi connectivity index (χ1n) is 12.7. The topological polar surface area (TPSA) is 86.8 Å². The SMILES string of the molecule is CC[C@@H](C(=O)NC1CCCCC1)N(Cc1ccccc1)C(=O)CN(c1cccc(C(F)(F)F)c1)S(C)(=O)=O. The number of halogens is 3. The van der Waals surface area contributed by atoms with Crippen LogP contribution in [-0.2, 0) is 32.3 Å². The van der Waals surface area contributed by atoms with Gasteiger partial charge in [0.1, 0.15) is 12.6 Å². The second-order valence-corrected chi connectivity index (χ2v) is 11.5. The van der Waals surface area contributed by atoms with Crippen molar-refractivity contribution < 1.29 is 31.2 Å². The van der Waals surface area contributed by atoms with E-state index in [2.05, 4.69) is 5.32 Å². The van der Waals surface area contributed by atoms with Gasteiger partial charge in [0.25, 0.3) is 0 Å². The fraction of sp³-hybridized carbons (Fsp3) is 0.481. The highest BCUT2D eigenvalue weighted by atomic mass is 32.2. The maximum absolute atomic E-state index is 13.7. The maximum Gasteiger partial charge on any atom is 0.416 e. The van der Waals surface area contributed by atoms with Crippen molar-refractivity contribution in [3.63, 3.8) is 0 Å². The number of carbonyl (C=O) groups excluding carboxylic acids is 2. The van der Waals surface area contributed by atoms with Crippen LogP contribution in [0.3, 0.4) is 0 Å². The minimum absolute atomic E-state index is 0.0107. The Balaban J connectivity index is 1.92. The molecule has 3 rings (SSSR count). The average molecular weight is 554 g/mol. The molecule has 0 heterocycles. The van der Waals surface area contributed by atoms with E-state index in [0.717, 1.165) is 56.1 Å². The van der Waals surface area contributed by atoms with Gasteiger partial charge >= 0.3 is 6.18 Å². The Morgan fingerprint density at radius 2 is 1.68 bits per heavy atom. The molecule has 0 spiro atoms. The summed E-state index contributed by atoms with van der Waals surface area (Å²) in [5.74, 6) is -1.02. The number of sulfonamides is 1. The average Bonchev–Trinajstić information content (AvgIpc) is 2.87. The van der Waals surface area contributed by atoms with Crippen LogP contribution >= 0.6 is 0 Å². The van der Waals surface area contributed by atoms with E-state index in [0.29, 0.717) is 10.4 Å². The molecule has 38 heavy (non-hydrogen) atoms. The van der Waals surface area contributed by atoms with Gasteiger partial charge in [-0.2, -0.15) is 13.2 Å². The third-order valence-corrected chi connectivity index (χ3v) is 7.81. The minimum atomic E-state index is -4.69. The number of nitrogens with zero attached hydrogens (tertiary/aromatic N) is 2. The maximum atomic E-state index is 13.7. The van der Waals surface area contributed by atoms with Crippen molar-refractivity contribution in [1.29, 1.82) is 0 Å². The number of nitrogens with one attached hydrogen (secondary N) is 1. The number of amides is 2. The molecule has 0 aliphatic heterocycles. The Morgan fingerprint density at radius 1 is 1.03 bits per heavy atom. The van der Waals surface area contributed by atoms with E-state index in [1.54, 1.807) is 31.2 Å². The van der Waals surface area contributed by atoms with Gasteiger partial charge in [-0.1, -0.05) is 62.6 Å². The molecule has 1 N–H and O–H groups in total. The molecule has 2 aromatic carbocycles. The molecule has 0 unspecified atom stereocenters. The zero-order valence-electron chi connectivity index (χ0n) is 21.6. The predicted octanol–water partition coefficient (Wildman–Crippen LogP) is 4.73. The zero-order chi connectivity index (χ0) is 27.9. The van der Waals surface area contributed by atoms with Crippen LogP contribution < -0.4 is 9.62 Å². The molecular formula is C27H34F3N3O4S. The molecule has 0 radical (unpaired) electrons. The van der Waals surface area contributed by atoms with Crippen LogP contribution in [-0.4, -0.2) is 50.0 Å². The summed E-state index contributed by atoms with van der Waals surface area (Å²) in [7, 11) is -4.14. The van der Waals surface area contributed by atoms with Crippen molar-refractivity contribution in [2.75, 3.05) is 17.1 Å². The molecular weight excluding hydrogens is 519 g/mol. The molecule has 0 saturated heterocycles. The molecule has 11 heteroatoms. The third kappa shape index (κ3) is 7.96. The third-order valence-electron chi connectivity index (χ3n) is 6.67. The lowest BCUT2D eigenvalue weighted by atomic mass is 9.95. The molecule has 0 aromatic heterocycles. The van der Waals surface area contributed by atoms with Gasteiger partial charge in [0.2, 0.25) is 21.8 Å². The lowest BCUT2D eigenvalue weighted by Gasteiger charge is -2.34. The lowest BCUT2D eigenvalue weighted by Crippen LogP contribution is -2.53. The van der Waals surface area contributed by atoms with Crippen LogP contribution in [0.15, 0.2) is 54.6 Å². The number of hydrogen-bond donors (Lipinski definition) is 1. The molecule has 1 atom stereocenters. The molecule has 1 aliphatic rings. The highest BCUT2D eigenvalue weighted by Gasteiger charge is 2.34. The van der Waals surface area contributed by atoms with Crippen molar-refractivity contribution in [1.82, 2.24) is 10.2 Å². The van der Waals surface area contributed by atoms with Crippen molar-refractivity contribution in [2.24, 2.45) is 0 Å². The summed E-state index contributed by atoms with van der Waals surface area (Å²) in [4.78, 5) is 28.3. The van der Waals surface area contributed by atoms with E-state index in [4.69, 9.17) is 0 Å². The Kier molecular flexibility index (Phi) is 9.81. The van der Waals surface area contributed by atoms with Crippen molar-refractivity contribution in [3.8, 4) is 0 Å². The van der Waals surface area contributed by atoms with Gasteiger partial charge in [0.15, 0.2) is 0 Å². The van der Waals surface area contributed by atoms with Gasteiger partial charge < -0.3 is 10.2 Å². The summed E-state index contributed by atoms with van der Waals surface area (Å²) < 4.78 is 65.8. The predicted molar refractivity (Wildman–Crippen MR) is 140 cm³/mol. The molecule has 2 amide bonds. The first-order valence-corrected chi connectivity index (χ1v) is 14.5. The highest BCUT2D eigenvalue weighted by Crippen LogP contribution is 2.32. The summed E-state index contributed by atoms with van der Waals surface area (Å²) >= 11 is 0. The van der Waals surface area contributed by atoms with E-state index < -0.39 is 40.3 Å². The number of alkyl halides is 3. The van der Waals surface area contributed by atoms with Crippen LogP contribution in [0.4, 0.5) is 18.9 Å². The van der Waals surface area contributed by atoms with Crippen molar-refractivity contribution in [2.45, 2.75) is 70.3 Å². The first kappa shape index (κ1) is 29.5. The molecule has 1 fully saturated rings. The van der Waals surface area contributed by atoms with Crippen LogP contribution in [0.1, 0.15) is 56.6 Å². The smallest absolute Gasteiger partial charge is 0.352 e. The van der Waals surface area contributed by atoms with Gasteiger partial charge in [-0.25, -0.2) is 8.42 Å². The second-order valence-electron chi connectivity index (χ2n) is 9.59. The largest absolute Gasteiger partial charge is 0.416 e. The van der Waals surface area contributed by atoms with E-state index in [1.807, 2.05) is 6.07 Å². The number of rotatable bonds is 10. The van der Waals surface area contributed by atoms with Crippen molar-refractivity contribution in [3.05, 3.63) is 65.7 Å². The first-order chi connectivity index (χ1) is 17.9. The normalized spacial score (nSPS) is 15.5.